The van der Waals surface area contributed by atoms with Crippen molar-refractivity contribution < 1.29 is 24.5 Å². The molecule has 0 radical (unpaired) electrons. The van der Waals surface area contributed by atoms with Crippen molar-refractivity contribution >= 4 is 29.1 Å². The molecule has 11 nitrogen and oxygen atoms in total. The van der Waals surface area contributed by atoms with Crippen molar-refractivity contribution in [2.45, 2.75) is 32.7 Å². The Labute approximate surface area is 172 Å². The highest BCUT2D eigenvalue weighted by Crippen LogP contribution is 2.29. The molecule has 3 rings (SSSR count). The first-order chi connectivity index (χ1) is 14.1. The molecule has 0 aliphatic carbocycles. The van der Waals surface area contributed by atoms with E-state index in [-0.39, 0.29) is 11.2 Å². The minimum absolute atomic E-state index is 0.0793. The molecule has 30 heavy (non-hydrogen) atoms. The predicted molar refractivity (Wildman–Crippen MR) is 109 cm³/mol. The molecule has 1 amide bonds. The number of ether oxygens (including phenoxy) is 2. The van der Waals surface area contributed by atoms with E-state index in [9.17, 15) is 15.0 Å². The highest BCUT2D eigenvalue weighted by Gasteiger charge is 2.25. The Morgan fingerprint density at radius 1 is 1.33 bits per heavy atom. The lowest BCUT2D eigenvalue weighted by Crippen LogP contribution is -2.35. The smallest absolute Gasteiger partial charge is 0.415 e. The summed E-state index contributed by atoms with van der Waals surface area (Å²) < 4.78 is 12.0. The van der Waals surface area contributed by atoms with Crippen LogP contribution in [0.15, 0.2) is 30.6 Å². The third kappa shape index (κ3) is 4.42. The standard InChI is InChI=1S/C19H24N6O5/c1-19(2,3)30-18(28)24(4)14-9-13(22-12-7-6-8-20-16(12)29-5)23-15-11(17(26)27)10-21-25(14)15/h6-10,17,26-27H,1-5H3,(H,22,23). The number of hydrogen-bond acceptors (Lipinski definition) is 9. The van der Waals surface area contributed by atoms with Crippen LogP contribution in [0.25, 0.3) is 5.65 Å². The molecule has 0 spiro atoms. The predicted octanol–water partition coefficient (Wildman–Crippen LogP) is 2.23. The zero-order valence-electron chi connectivity index (χ0n) is 17.3. The van der Waals surface area contributed by atoms with E-state index in [0.717, 1.165) is 0 Å². The quantitative estimate of drug-likeness (QED) is 0.535. The molecule has 0 bridgehead atoms. The van der Waals surface area contributed by atoms with Gasteiger partial charge in [-0.05, 0) is 32.9 Å². The van der Waals surface area contributed by atoms with Gasteiger partial charge >= 0.3 is 6.09 Å². The number of carbonyl (C=O) groups is 1. The molecular weight excluding hydrogens is 392 g/mol. The number of hydrogen-bond donors (Lipinski definition) is 3. The van der Waals surface area contributed by atoms with Crippen LogP contribution in [-0.2, 0) is 4.74 Å². The van der Waals surface area contributed by atoms with E-state index < -0.39 is 18.0 Å². The van der Waals surface area contributed by atoms with Gasteiger partial charge in [0.25, 0.3) is 0 Å². The number of nitrogens with one attached hydrogen (secondary N) is 1. The maximum atomic E-state index is 12.6. The molecule has 0 aliphatic heterocycles. The summed E-state index contributed by atoms with van der Waals surface area (Å²) in [7, 11) is 3.01. The van der Waals surface area contributed by atoms with Crippen molar-refractivity contribution in [1.82, 2.24) is 19.6 Å². The summed E-state index contributed by atoms with van der Waals surface area (Å²) in [6.45, 7) is 5.28. The molecule has 0 aliphatic rings. The number of pyridine rings is 1. The van der Waals surface area contributed by atoms with Gasteiger partial charge in [0.2, 0.25) is 5.88 Å². The first-order valence-electron chi connectivity index (χ1n) is 9.08. The molecule has 3 aromatic rings. The molecule has 0 saturated heterocycles. The van der Waals surface area contributed by atoms with Crippen LogP contribution in [0.4, 0.5) is 22.1 Å². The number of fused-ring (bicyclic) bond motifs is 1. The fourth-order valence-electron chi connectivity index (χ4n) is 2.66. The third-order valence-corrected chi connectivity index (χ3v) is 4.00. The van der Waals surface area contributed by atoms with Gasteiger partial charge in [-0.25, -0.2) is 14.8 Å². The fraction of sp³-hybridized carbons (Fsp3) is 0.368. The SMILES string of the molecule is COc1ncccc1Nc1cc(N(C)C(=O)OC(C)(C)C)n2ncc(C(O)O)c2n1. The molecule has 0 atom stereocenters. The zero-order valence-corrected chi connectivity index (χ0v) is 17.3. The van der Waals surface area contributed by atoms with Gasteiger partial charge in [-0.2, -0.15) is 9.61 Å². The van der Waals surface area contributed by atoms with Crippen LogP contribution in [0, 0.1) is 0 Å². The summed E-state index contributed by atoms with van der Waals surface area (Å²) in [4.78, 5) is 22.4. The summed E-state index contributed by atoms with van der Waals surface area (Å²) in [5.41, 5.74) is 0.0744. The molecule has 0 unspecified atom stereocenters. The maximum Gasteiger partial charge on any atom is 0.415 e. The lowest BCUT2D eigenvalue weighted by atomic mass is 10.2. The number of anilines is 3. The van der Waals surface area contributed by atoms with Gasteiger partial charge < -0.3 is 25.0 Å². The molecule has 3 heterocycles. The van der Waals surface area contributed by atoms with Crippen LogP contribution in [0.5, 0.6) is 5.88 Å². The Hall–Kier alpha value is -3.44. The lowest BCUT2D eigenvalue weighted by molar-refractivity contribution is -0.0414. The summed E-state index contributed by atoms with van der Waals surface area (Å²) in [6.07, 6.45) is 0.451. The Morgan fingerprint density at radius 2 is 2.07 bits per heavy atom. The minimum Gasteiger partial charge on any atom is -0.480 e. The van der Waals surface area contributed by atoms with E-state index in [2.05, 4.69) is 20.4 Å². The van der Waals surface area contributed by atoms with E-state index in [1.54, 1.807) is 45.2 Å². The monoisotopic (exact) mass is 416 g/mol. The topological polar surface area (TPSA) is 134 Å². The van der Waals surface area contributed by atoms with Crippen LogP contribution in [0.1, 0.15) is 32.6 Å². The van der Waals surface area contributed by atoms with Gasteiger partial charge in [-0.1, -0.05) is 0 Å². The first-order valence-corrected chi connectivity index (χ1v) is 9.08. The summed E-state index contributed by atoms with van der Waals surface area (Å²) in [5.74, 6) is 0.949. The van der Waals surface area contributed by atoms with Crippen molar-refractivity contribution in [2.24, 2.45) is 0 Å². The highest BCUT2D eigenvalue weighted by molar-refractivity contribution is 5.87. The first kappa shape index (κ1) is 21.3. The zero-order chi connectivity index (χ0) is 22.1. The molecule has 11 heteroatoms. The Morgan fingerprint density at radius 3 is 2.70 bits per heavy atom. The van der Waals surface area contributed by atoms with Crippen LogP contribution in [0.2, 0.25) is 0 Å². The van der Waals surface area contributed by atoms with Crippen molar-refractivity contribution in [3.8, 4) is 5.88 Å². The average Bonchev–Trinajstić information content (AvgIpc) is 3.10. The third-order valence-electron chi connectivity index (χ3n) is 4.00. The summed E-state index contributed by atoms with van der Waals surface area (Å²) in [6, 6.07) is 5.04. The second kappa shape index (κ2) is 8.13. The maximum absolute atomic E-state index is 12.6. The van der Waals surface area contributed by atoms with Crippen molar-refractivity contribution in [3.05, 3.63) is 36.2 Å². The van der Waals surface area contributed by atoms with Crippen molar-refractivity contribution in [3.63, 3.8) is 0 Å². The Balaban J connectivity index is 2.10. The summed E-state index contributed by atoms with van der Waals surface area (Å²) in [5, 5.41) is 26.6. The minimum atomic E-state index is -1.79. The van der Waals surface area contributed by atoms with Gasteiger partial charge in [0, 0.05) is 19.3 Å². The van der Waals surface area contributed by atoms with Gasteiger partial charge in [0.15, 0.2) is 11.9 Å². The second-order valence-electron chi connectivity index (χ2n) is 7.43. The van der Waals surface area contributed by atoms with E-state index >= 15 is 0 Å². The molecule has 160 valence electrons. The van der Waals surface area contributed by atoms with Crippen molar-refractivity contribution in [1.29, 1.82) is 0 Å². The Kier molecular flexibility index (Phi) is 5.76. The van der Waals surface area contributed by atoms with Gasteiger partial charge in [0.05, 0.1) is 18.9 Å². The number of nitrogens with zero attached hydrogens (tertiary/aromatic N) is 5. The number of amides is 1. The molecule has 0 aromatic carbocycles. The number of aliphatic hydroxyl groups excluding tert-OH is 1. The Bertz CT molecular complexity index is 1060. The molecule has 0 fully saturated rings. The van der Waals surface area contributed by atoms with Crippen LogP contribution in [-0.4, -0.2) is 55.6 Å². The molecule has 3 aromatic heterocycles. The average molecular weight is 416 g/mol. The molecular formula is C19H24N6O5. The number of methoxy groups -OCH3 is 1. The largest absolute Gasteiger partial charge is 0.480 e. The number of carbonyl (C=O) groups excluding carboxylic acids is 1. The van der Waals surface area contributed by atoms with E-state index in [0.29, 0.717) is 23.2 Å². The highest BCUT2D eigenvalue weighted by atomic mass is 16.6. The van der Waals surface area contributed by atoms with E-state index in [1.807, 2.05) is 0 Å². The number of aromatic nitrogens is 4. The fourth-order valence-corrected chi connectivity index (χ4v) is 2.66. The number of rotatable bonds is 5. The molecule has 3 N–H and O–H groups in total. The van der Waals surface area contributed by atoms with E-state index in [4.69, 9.17) is 9.47 Å². The van der Waals surface area contributed by atoms with Crippen LogP contribution in [0.3, 0.4) is 0 Å². The van der Waals surface area contributed by atoms with Crippen molar-refractivity contribution in [2.75, 3.05) is 24.4 Å². The van der Waals surface area contributed by atoms with E-state index in [1.165, 1.54) is 29.8 Å². The van der Waals surface area contributed by atoms with Crippen LogP contribution >= 0.6 is 0 Å². The van der Waals surface area contributed by atoms with Gasteiger partial charge in [0.1, 0.15) is 22.9 Å². The normalized spacial score (nSPS) is 11.6. The number of aliphatic hydroxyl groups is 2. The lowest BCUT2D eigenvalue weighted by Gasteiger charge is -2.25. The van der Waals surface area contributed by atoms with Gasteiger partial charge in [-0.15, -0.1) is 0 Å². The van der Waals surface area contributed by atoms with Crippen LogP contribution < -0.4 is 15.0 Å². The van der Waals surface area contributed by atoms with Gasteiger partial charge in [-0.3, -0.25) is 4.90 Å². The molecule has 0 saturated carbocycles. The second-order valence-corrected chi connectivity index (χ2v) is 7.43. The summed E-state index contributed by atoms with van der Waals surface area (Å²) >= 11 is 0.